The first-order valence-corrected chi connectivity index (χ1v) is 7.37. The number of pyridine rings is 1. The first kappa shape index (κ1) is 15.6. The van der Waals surface area contributed by atoms with E-state index in [1.807, 2.05) is 12.1 Å². The fourth-order valence-electron chi connectivity index (χ4n) is 2.45. The van der Waals surface area contributed by atoms with Crippen LogP contribution in [0.15, 0.2) is 29.0 Å². The van der Waals surface area contributed by atoms with Crippen molar-refractivity contribution in [3.8, 4) is 11.4 Å². The number of nitrogens with zero attached hydrogens (tertiary/aromatic N) is 4. The molecule has 0 bridgehead atoms. The van der Waals surface area contributed by atoms with Gasteiger partial charge >= 0.3 is 5.97 Å². The summed E-state index contributed by atoms with van der Waals surface area (Å²) < 4.78 is 15.6. The Kier molecular flexibility index (Phi) is 4.94. The molecule has 23 heavy (non-hydrogen) atoms. The molecule has 0 amide bonds. The lowest BCUT2D eigenvalue weighted by atomic mass is 10.1. The largest absolute Gasteiger partial charge is 0.469 e. The van der Waals surface area contributed by atoms with E-state index in [1.165, 1.54) is 7.11 Å². The normalized spacial score (nSPS) is 19.3. The van der Waals surface area contributed by atoms with E-state index in [-0.39, 0.29) is 11.9 Å². The maximum atomic E-state index is 11.7. The molecule has 3 rings (SSSR count). The van der Waals surface area contributed by atoms with Crippen molar-refractivity contribution in [2.45, 2.75) is 6.54 Å². The lowest BCUT2D eigenvalue weighted by molar-refractivity contribution is -0.147. The summed E-state index contributed by atoms with van der Waals surface area (Å²) in [4.78, 5) is 22.2. The van der Waals surface area contributed by atoms with Crippen LogP contribution >= 0.6 is 0 Å². The van der Waals surface area contributed by atoms with Gasteiger partial charge in [0.15, 0.2) is 0 Å². The number of rotatable bonds is 4. The van der Waals surface area contributed by atoms with Gasteiger partial charge in [0, 0.05) is 31.0 Å². The summed E-state index contributed by atoms with van der Waals surface area (Å²) in [5, 5.41) is 3.97. The molecular formula is C15H18N4O4. The number of methoxy groups -OCH3 is 1. The maximum absolute atomic E-state index is 11.7. The van der Waals surface area contributed by atoms with Gasteiger partial charge in [-0.3, -0.25) is 14.7 Å². The molecule has 1 saturated heterocycles. The Morgan fingerprint density at radius 3 is 3.22 bits per heavy atom. The van der Waals surface area contributed by atoms with Gasteiger partial charge in [0.25, 0.3) is 0 Å². The summed E-state index contributed by atoms with van der Waals surface area (Å²) in [6.07, 6.45) is 3.37. The first-order chi connectivity index (χ1) is 11.3. The SMILES string of the molecule is COC(=O)C1COCCN(Cc2nc(-c3cccnc3)no2)C1. The molecule has 0 spiro atoms. The summed E-state index contributed by atoms with van der Waals surface area (Å²) in [5.41, 5.74) is 0.800. The van der Waals surface area contributed by atoms with E-state index in [0.717, 1.165) is 5.56 Å². The van der Waals surface area contributed by atoms with Crippen molar-refractivity contribution in [2.75, 3.05) is 33.4 Å². The van der Waals surface area contributed by atoms with E-state index in [9.17, 15) is 4.79 Å². The minimum absolute atomic E-state index is 0.265. The van der Waals surface area contributed by atoms with Crippen LogP contribution in [0.2, 0.25) is 0 Å². The monoisotopic (exact) mass is 318 g/mol. The third-order valence-electron chi connectivity index (χ3n) is 3.63. The van der Waals surface area contributed by atoms with Crippen LogP contribution in [0.5, 0.6) is 0 Å². The molecule has 1 aliphatic rings. The molecule has 122 valence electrons. The minimum atomic E-state index is -0.303. The smallest absolute Gasteiger partial charge is 0.312 e. The highest BCUT2D eigenvalue weighted by Gasteiger charge is 2.26. The average molecular weight is 318 g/mol. The molecule has 1 fully saturated rings. The molecule has 0 aromatic carbocycles. The molecule has 1 unspecified atom stereocenters. The van der Waals surface area contributed by atoms with Gasteiger partial charge in [-0.25, -0.2) is 0 Å². The summed E-state index contributed by atoms with van der Waals surface area (Å²) in [7, 11) is 1.38. The van der Waals surface area contributed by atoms with Crippen molar-refractivity contribution >= 4 is 5.97 Å². The van der Waals surface area contributed by atoms with Crippen molar-refractivity contribution in [3.63, 3.8) is 0 Å². The summed E-state index contributed by atoms with van der Waals surface area (Å²) in [6.45, 7) is 2.62. The van der Waals surface area contributed by atoms with Crippen LogP contribution in [-0.4, -0.2) is 59.4 Å². The highest BCUT2D eigenvalue weighted by Crippen LogP contribution is 2.16. The second-order valence-corrected chi connectivity index (χ2v) is 5.28. The summed E-state index contributed by atoms with van der Waals surface area (Å²) in [5.74, 6) is 0.430. The maximum Gasteiger partial charge on any atom is 0.312 e. The van der Waals surface area contributed by atoms with Gasteiger partial charge in [0.2, 0.25) is 11.7 Å². The summed E-state index contributed by atoms with van der Waals surface area (Å²) in [6, 6.07) is 3.69. The second-order valence-electron chi connectivity index (χ2n) is 5.28. The molecular weight excluding hydrogens is 300 g/mol. The number of esters is 1. The average Bonchev–Trinajstić information content (AvgIpc) is 2.93. The van der Waals surface area contributed by atoms with Crippen molar-refractivity contribution in [1.29, 1.82) is 0 Å². The van der Waals surface area contributed by atoms with E-state index < -0.39 is 0 Å². The van der Waals surface area contributed by atoms with Gasteiger partial charge in [0.05, 0.1) is 32.8 Å². The Morgan fingerprint density at radius 1 is 1.52 bits per heavy atom. The molecule has 8 heteroatoms. The fourth-order valence-corrected chi connectivity index (χ4v) is 2.45. The van der Waals surface area contributed by atoms with Crippen LogP contribution in [0.25, 0.3) is 11.4 Å². The molecule has 0 aliphatic carbocycles. The Hall–Kier alpha value is -2.32. The number of hydrogen-bond donors (Lipinski definition) is 0. The zero-order valence-electron chi connectivity index (χ0n) is 12.8. The van der Waals surface area contributed by atoms with Gasteiger partial charge in [-0.2, -0.15) is 4.98 Å². The Labute approximate surface area is 133 Å². The van der Waals surface area contributed by atoms with Crippen LogP contribution in [0.3, 0.4) is 0 Å². The highest BCUT2D eigenvalue weighted by atomic mass is 16.5. The third-order valence-corrected chi connectivity index (χ3v) is 3.63. The number of ether oxygens (including phenoxy) is 2. The van der Waals surface area contributed by atoms with Crippen LogP contribution < -0.4 is 0 Å². The van der Waals surface area contributed by atoms with E-state index in [1.54, 1.807) is 12.4 Å². The molecule has 0 N–H and O–H groups in total. The summed E-state index contributed by atoms with van der Waals surface area (Å²) >= 11 is 0. The van der Waals surface area contributed by atoms with Crippen LogP contribution in [-0.2, 0) is 20.8 Å². The number of carbonyl (C=O) groups excluding carboxylic acids is 1. The van der Waals surface area contributed by atoms with Crippen molar-refractivity contribution in [1.82, 2.24) is 20.0 Å². The molecule has 0 saturated carbocycles. The highest BCUT2D eigenvalue weighted by molar-refractivity contribution is 5.72. The molecule has 2 aromatic rings. The van der Waals surface area contributed by atoms with Gasteiger partial charge in [-0.05, 0) is 12.1 Å². The van der Waals surface area contributed by atoms with Gasteiger partial charge < -0.3 is 14.0 Å². The van der Waals surface area contributed by atoms with Crippen molar-refractivity contribution in [3.05, 3.63) is 30.4 Å². The Balaban J connectivity index is 1.66. The van der Waals surface area contributed by atoms with Crippen LogP contribution in [0, 0.1) is 5.92 Å². The molecule has 8 nitrogen and oxygen atoms in total. The van der Waals surface area contributed by atoms with Gasteiger partial charge in [-0.1, -0.05) is 5.16 Å². The lowest BCUT2D eigenvalue weighted by Crippen LogP contribution is -2.33. The topological polar surface area (TPSA) is 90.6 Å². The van der Waals surface area contributed by atoms with Crippen molar-refractivity contribution in [2.24, 2.45) is 5.92 Å². The van der Waals surface area contributed by atoms with Crippen molar-refractivity contribution < 1.29 is 18.8 Å². The quantitative estimate of drug-likeness (QED) is 0.763. The lowest BCUT2D eigenvalue weighted by Gasteiger charge is -2.19. The zero-order chi connectivity index (χ0) is 16.1. The molecule has 0 radical (unpaired) electrons. The van der Waals surface area contributed by atoms with E-state index in [2.05, 4.69) is 20.0 Å². The predicted molar refractivity (Wildman–Crippen MR) is 79.1 cm³/mol. The van der Waals surface area contributed by atoms with Crippen LogP contribution in [0.1, 0.15) is 5.89 Å². The standard InChI is InChI=1S/C15H18N4O4/c1-21-15(20)12-8-19(5-6-22-10-12)9-13-17-14(18-23-13)11-3-2-4-16-7-11/h2-4,7,12H,5-6,8-10H2,1H3. The molecule has 3 heterocycles. The fraction of sp³-hybridized carbons (Fsp3) is 0.467. The number of aromatic nitrogens is 3. The Morgan fingerprint density at radius 2 is 2.43 bits per heavy atom. The zero-order valence-corrected chi connectivity index (χ0v) is 12.8. The molecule has 1 atom stereocenters. The van der Waals surface area contributed by atoms with Gasteiger partial charge in [0.1, 0.15) is 0 Å². The predicted octanol–water partition coefficient (Wildman–Crippen LogP) is 0.753. The van der Waals surface area contributed by atoms with Crippen LogP contribution in [0.4, 0.5) is 0 Å². The van der Waals surface area contributed by atoms with E-state index in [0.29, 0.717) is 44.6 Å². The number of hydrogen-bond acceptors (Lipinski definition) is 8. The van der Waals surface area contributed by atoms with E-state index in [4.69, 9.17) is 14.0 Å². The molecule has 1 aliphatic heterocycles. The van der Waals surface area contributed by atoms with Gasteiger partial charge in [-0.15, -0.1) is 0 Å². The first-order valence-electron chi connectivity index (χ1n) is 7.37. The number of carbonyl (C=O) groups is 1. The third kappa shape index (κ3) is 3.91. The minimum Gasteiger partial charge on any atom is -0.469 e. The Bertz CT molecular complexity index is 646. The second kappa shape index (κ2) is 7.30. The van der Waals surface area contributed by atoms with E-state index >= 15 is 0 Å². The molecule has 2 aromatic heterocycles.